The summed E-state index contributed by atoms with van der Waals surface area (Å²) < 4.78 is 5.56. The fourth-order valence-electron chi connectivity index (χ4n) is 2.96. The van der Waals surface area contributed by atoms with E-state index < -0.39 is 4.92 Å². The second-order valence-electron chi connectivity index (χ2n) is 6.16. The quantitative estimate of drug-likeness (QED) is 0.514. The zero-order chi connectivity index (χ0) is 17.6. The van der Waals surface area contributed by atoms with Crippen LogP contribution in [0, 0.1) is 10.1 Å². The first kappa shape index (κ1) is 17.1. The molecule has 0 aromatic heterocycles. The number of nitrogens with one attached hydrogen (secondary N) is 1. The van der Waals surface area contributed by atoms with Crippen LogP contribution in [0.3, 0.4) is 0 Å². The van der Waals surface area contributed by atoms with Gasteiger partial charge in [-0.2, -0.15) is 0 Å². The minimum absolute atomic E-state index is 0.0332. The van der Waals surface area contributed by atoms with E-state index in [2.05, 4.69) is 5.32 Å². The molecule has 3 rings (SSSR count). The molecule has 1 saturated heterocycles. The Morgan fingerprint density at radius 1 is 1.12 bits per heavy atom. The van der Waals surface area contributed by atoms with Crippen LogP contribution in [-0.2, 0) is 11.2 Å². The van der Waals surface area contributed by atoms with Crippen LogP contribution in [-0.4, -0.2) is 30.1 Å². The first-order valence-electron chi connectivity index (χ1n) is 8.36. The molecule has 0 amide bonds. The van der Waals surface area contributed by atoms with Gasteiger partial charge in [0.1, 0.15) is 6.10 Å². The van der Waals surface area contributed by atoms with Crippen LogP contribution < -0.4 is 5.32 Å². The zero-order valence-corrected chi connectivity index (χ0v) is 13.8. The summed E-state index contributed by atoms with van der Waals surface area (Å²) >= 11 is 0. The van der Waals surface area contributed by atoms with E-state index in [4.69, 9.17) is 4.74 Å². The number of piperidine rings is 1. The first-order chi connectivity index (χ1) is 12.1. The Balaban J connectivity index is 1.69. The van der Waals surface area contributed by atoms with Crippen LogP contribution in [0.5, 0.6) is 0 Å². The van der Waals surface area contributed by atoms with Crippen molar-refractivity contribution in [3.63, 3.8) is 0 Å². The topological polar surface area (TPSA) is 81.5 Å². The molecule has 2 aromatic carbocycles. The maximum absolute atomic E-state index is 12.3. The summed E-state index contributed by atoms with van der Waals surface area (Å²) in [7, 11) is 0. The molecule has 2 aromatic rings. The minimum atomic E-state index is -0.406. The lowest BCUT2D eigenvalue weighted by Gasteiger charge is -2.22. The number of esters is 1. The number of hydrogen-bond donors (Lipinski definition) is 1. The summed E-state index contributed by atoms with van der Waals surface area (Å²) in [5.74, 6) is -0.312. The minimum Gasteiger partial charge on any atom is -0.459 e. The van der Waals surface area contributed by atoms with Crippen LogP contribution in [0.15, 0.2) is 48.5 Å². The molecule has 1 fully saturated rings. The molecule has 1 aliphatic rings. The number of nitro benzene ring substituents is 1. The number of carbonyl (C=O) groups excluding carboxylic acids is 1. The summed E-state index contributed by atoms with van der Waals surface area (Å²) in [6, 6.07) is 13.8. The Kier molecular flexibility index (Phi) is 5.40. The highest BCUT2D eigenvalue weighted by atomic mass is 16.6. The summed E-state index contributed by atoms with van der Waals surface area (Å²) in [6.07, 6.45) is 2.16. The van der Waals surface area contributed by atoms with E-state index in [1.54, 1.807) is 24.3 Å². The summed E-state index contributed by atoms with van der Waals surface area (Å²) in [6.45, 7) is 1.73. The van der Waals surface area contributed by atoms with Crippen LogP contribution in [0.4, 0.5) is 5.69 Å². The van der Waals surface area contributed by atoms with Gasteiger partial charge in [-0.15, -0.1) is 0 Å². The molecule has 0 atom stereocenters. The Hall–Kier alpha value is -2.73. The monoisotopic (exact) mass is 340 g/mol. The van der Waals surface area contributed by atoms with Gasteiger partial charge in [0.25, 0.3) is 5.69 Å². The van der Waals surface area contributed by atoms with Gasteiger partial charge in [0.15, 0.2) is 0 Å². The van der Waals surface area contributed by atoms with Crippen molar-refractivity contribution in [2.45, 2.75) is 25.4 Å². The van der Waals surface area contributed by atoms with Crippen LogP contribution in [0.1, 0.15) is 34.3 Å². The molecule has 0 bridgehead atoms. The Morgan fingerprint density at radius 3 is 2.52 bits per heavy atom. The molecule has 1 N–H and O–H groups in total. The third kappa shape index (κ3) is 4.64. The fraction of sp³-hybridized carbons (Fsp3) is 0.316. The fourth-order valence-corrected chi connectivity index (χ4v) is 2.96. The lowest BCUT2D eigenvalue weighted by atomic mass is 10.0. The van der Waals surface area contributed by atoms with Crippen LogP contribution >= 0.6 is 0 Å². The molecule has 25 heavy (non-hydrogen) atoms. The van der Waals surface area contributed by atoms with Gasteiger partial charge in [0, 0.05) is 12.1 Å². The lowest BCUT2D eigenvalue weighted by molar-refractivity contribution is -0.384. The van der Waals surface area contributed by atoms with Gasteiger partial charge in [-0.1, -0.05) is 24.3 Å². The third-order valence-corrected chi connectivity index (χ3v) is 4.25. The number of ether oxygens (including phenoxy) is 1. The summed E-state index contributed by atoms with van der Waals surface area (Å²) in [4.78, 5) is 22.8. The number of nitrogens with zero attached hydrogens (tertiary/aromatic N) is 1. The highest BCUT2D eigenvalue weighted by Crippen LogP contribution is 2.18. The Labute approximate surface area is 146 Å². The van der Waals surface area contributed by atoms with Gasteiger partial charge >= 0.3 is 5.97 Å². The van der Waals surface area contributed by atoms with Crippen molar-refractivity contribution in [3.8, 4) is 0 Å². The highest BCUT2D eigenvalue weighted by Gasteiger charge is 2.18. The number of rotatable bonds is 5. The van der Waals surface area contributed by atoms with E-state index in [-0.39, 0.29) is 17.8 Å². The number of carbonyl (C=O) groups is 1. The SMILES string of the molecule is O=C(OC1CCNCC1)c1cccc(Cc2cccc([N+](=O)[O-])c2)c1. The highest BCUT2D eigenvalue weighted by molar-refractivity contribution is 5.89. The Bertz CT molecular complexity index is 770. The molecule has 6 heteroatoms. The molecule has 6 nitrogen and oxygen atoms in total. The molecule has 0 unspecified atom stereocenters. The normalized spacial score (nSPS) is 14.9. The predicted octanol–water partition coefficient (Wildman–Crippen LogP) is 3.09. The molecule has 1 aliphatic heterocycles. The van der Waals surface area contributed by atoms with Crippen molar-refractivity contribution in [1.82, 2.24) is 5.32 Å². The van der Waals surface area contributed by atoms with Gasteiger partial charge in [0.05, 0.1) is 10.5 Å². The number of nitro groups is 1. The van der Waals surface area contributed by atoms with Gasteiger partial charge < -0.3 is 10.1 Å². The molecule has 0 saturated carbocycles. The largest absolute Gasteiger partial charge is 0.459 e. The molecule has 0 spiro atoms. The molecule has 0 aliphatic carbocycles. The third-order valence-electron chi connectivity index (χ3n) is 4.25. The van der Waals surface area contributed by atoms with Crippen molar-refractivity contribution >= 4 is 11.7 Å². The van der Waals surface area contributed by atoms with Gasteiger partial charge in [-0.3, -0.25) is 10.1 Å². The molecule has 0 radical (unpaired) electrons. The molecule has 130 valence electrons. The molecule has 1 heterocycles. The average Bonchev–Trinajstić information content (AvgIpc) is 2.63. The van der Waals surface area contributed by atoms with Crippen LogP contribution in [0.2, 0.25) is 0 Å². The average molecular weight is 340 g/mol. The van der Waals surface area contributed by atoms with E-state index >= 15 is 0 Å². The Morgan fingerprint density at radius 2 is 1.80 bits per heavy atom. The summed E-state index contributed by atoms with van der Waals surface area (Å²) in [5, 5.41) is 14.1. The number of benzene rings is 2. The second kappa shape index (κ2) is 7.90. The van der Waals surface area contributed by atoms with E-state index in [9.17, 15) is 14.9 Å². The number of non-ortho nitro benzene ring substituents is 1. The van der Waals surface area contributed by atoms with Gasteiger partial charge in [-0.05, 0) is 55.6 Å². The van der Waals surface area contributed by atoms with E-state index in [0.29, 0.717) is 12.0 Å². The number of hydrogen-bond acceptors (Lipinski definition) is 5. The second-order valence-corrected chi connectivity index (χ2v) is 6.16. The van der Waals surface area contributed by atoms with E-state index in [1.807, 2.05) is 18.2 Å². The molecular weight excluding hydrogens is 320 g/mol. The maximum Gasteiger partial charge on any atom is 0.338 e. The summed E-state index contributed by atoms with van der Waals surface area (Å²) in [5.41, 5.74) is 2.33. The van der Waals surface area contributed by atoms with Gasteiger partial charge in [-0.25, -0.2) is 4.79 Å². The maximum atomic E-state index is 12.3. The van der Waals surface area contributed by atoms with Crippen molar-refractivity contribution < 1.29 is 14.5 Å². The molecular formula is C19H20N2O4. The van der Waals surface area contributed by atoms with Crippen molar-refractivity contribution in [2.24, 2.45) is 0 Å². The van der Waals surface area contributed by atoms with Crippen molar-refractivity contribution in [3.05, 3.63) is 75.3 Å². The van der Waals surface area contributed by atoms with E-state index in [1.165, 1.54) is 6.07 Å². The lowest BCUT2D eigenvalue weighted by Crippen LogP contribution is -2.33. The smallest absolute Gasteiger partial charge is 0.338 e. The van der Waals surface area contributed by atoms with Crippen molar-refractivity contribution in [2.75, 3.05) is 13.1 Å². The first-order valence-corrected chi connectivity index (χ1v) is 8.36. The zero-order valence-electron chi connectivity index (χ0n) is 13.8. The standard InChI is InChI=1S/C19H20N2O4/c22-19(25-18-7-9-20-10-8-18)16-5-1-3-14(12-16)11-15-4-2-6-17(13-15)21(23)24/h1-6,12-13,18,20H,7-11H2. The van der Waals surface area contributed by atoms with Gasteiger partial charge in [0.2, 0.25) is 0 Å². The van der Waals surface area contributed by atoms with Crippen molar-refractivity contribution in [1.29, 1.82) is 0 Å². The van der Waals surface area contributed by atoms with E-state index in [0.717, 1.165) is 37.1 Å². The van der Waals surface area contributed by atoms with Crippen LogP contribution in [0.25, 0.3) is 0 Å². The predicted molar refractivity (Wildman–Crippen MR) is 93.7 cm³/mol.